The number of halogens is 1. The molecule has 0 radical (unpaired) electrons. The van der Waals surface area contributed by atoms with Gasteiger partial charge in [0.25, 0.3) is 0 Å². The Bertz CT molecular complexity index is 523. The first-order chi connectivity index (χ1) is 11.6. The minimum atomic E-state index is 0. The van der Waals surface area contributed by atoms with Crippen LogP contribution in [-0.2, 0) is 6.54 Å². The van der Waals surface area contributed by atoms with Crippen LogP contribution in [0.15, 0.2) is 29.3 Å². The highest BCUT2D eigenvalue weighted by atomic mass is 127. The summed E-state index contributed by atoms with van der Waals surface area (Å²) in [5.74, 6) is 1.74. The van der Waals surface area contributed by atoms with E-state index in [0.717, 1.165) is 44.4 Å². The summed E-state index contributed by atoms with van der Waals surface area (Å²) in [7, 11) is 6.06. The monoisotopic (exact) mass is 461 g/mol. The van der Waals surface area contributed by atoms with Crippen molar-refractivity contribution in [2.45, 2.75) is 19.5 Å². The molecule has 1 aromatic rings. The van der Waals surface area contributed by atoms with Crippen LogP contribution in [0.2, 0.25) is 0 Å². The second-order valence-electron chi connectivity index (χ2n) is 6.32. The fourth-order valence-corrected chi connectivity index (χ4v) is 2.78. The SMILES string of the molecule is CCNC(=NCc1ccc(OC)cc1)NCC1CN(C)CCN1C.I. The van der Waals surface area contributed by atoms with Gasteiger partial charge in [-0.05, 0) is 38.7 Å². The molecular formula is C18H32IN5O. The average molecular weight is 461 g/mol. The molecule has 0 spiro atoms. The lowest BCUT2D eigenvalue weighted by molar-refractivity contribution is 0.116. The number of benzene rings is 1. The first-order valence-corrected chi connectivity index (χ1v) is 8.66. The lowest BCUT2D eigenvalue weighted by atomic mass is 10.2. The van der Waals surface area contributed by atoms with Gasteiger partial charge in [0.15, 0.2) is 5.96 Å². The number of nitrogens with zero attached hydrogens (tertiary/aromatic N) is 3. The third-order valence-corrected chi connectivity index (χ3v) is 4.41. The molecule has 0 amide bonds. The molecule has 0 aromatic heterocycles. The summed E-state index contributed by atoms with van der Waals surface area (Å²) >= 11 is 0. The predicted molar refractivity (Wildman–Crippen MR) is 115 cm³/mol. The number of methoxy groups -OCH3 is 1. The van der Waals surface area contributed by atoms with Crippen LogP contribution in [0.25, 0.3) is 0 Å². The molecule has 142 valence electrons. The maximum atomic E-state index is 5.19. The Balaban J connectivity index is 0.00000312. The highest BCUT2D eigenvalue weighted by molar-refractivity contribution is 14.0. The van der Waals surface area contributed by atoms with E-state index < -0.39 is 0 Å². The number of nitrogens with one attached hydrogen (secondary N) is 2. The zero-order valence-electron chi connectivity index (χ0n) is 15.8. The third kappa shape index (κ3) is 7.37. The molecule has 1 aliphatic rings. The molecule has 0 saturated carbocycles. The van der Waals surface area contributed by atoms with Crippen molar-refractivity contribution in [3.8, 4) is 5.75 Å². The molecule has 1 unspecified atom stereocenters. The van der Waals surface area contributed by atoms with Crippen molar-refractivity contribution in [3.05, 3.63) is 29.8 Å². The van der Waals surface area contributed by atoms with E-state index in [0.29, 0.717) is 12.6 Å². The summed E-state index contributed by atoms with van der Waals surface area (Å²) in [6.45, 7) is 7.83. The lowest BCUT2D eigenvalue weighted by Crippen LogP contribution is -2.55. The van der Waals surface area contributed by atoms with Crippen molar-refractivity contribution in [1.82, 2.24) is 20.4 Å². The number of guanidine groups is 1. The van der Waals surface area contributed by atoms with Gasteiger partial charge >= 0.3 is 0 Å². The molecule has 2 N–H and O–H groups in total. The maximum absolute atomic E-state index is 5.19. The average Bonchev–Trinajstić information content (AvgIpc) is 2.60. The van der Waals surface area contributed by atoms with Gasteiger partial charge in [-0.1, -0.05) is 12.1 Å². The molecule has 1 heterocycles. The Morgan fingerprint density at radius 3 is 2.56 bits per heavy atom. The third-order valence-electron chi connectivity index (χ3n) is 4.41. The van der Waals surface area contributed by atoms with Crippen LogP contribution in [0.4, 0.5) is 0 Å². The predicted octanol–water partition coefficient (Wildman–Crippen LogP) is 1.61. The van der Waals surface area contributed by atoms with Crippen LogP contribution in [0.5, 0.6) is 5.75 Å². The van der Waals surface area contributed by atoms with Gasteiger partial charge in [-0.25, -0.2) is 4.99 Å². The minimum absolute atomic E-state index is 0. The van der Waals surface area contributed by atoms with Crippen LogP contribution in [0, 0.1) is 0 Å². The van der Waals surface area contributed by atoms with Gasteiger partial charge in [-0.15, -0.1) is 24.0 Å². The first-order valence-electron chi connectivity index (χ1n) is 8.66. The summed E-state index contributed by atoms with van der Waals surface area (Å²) in [6.07, 6.45) is 0. The summed E-state index contributed by atoms with van der Waals surface area (Å²) in [4.78, 5) is 9.49. The van der Waals surface area contributed by atoms with Gasteiger partial charge in [0, 0.05) is 38.8 Å². The standard InChI is InChI=1S/C18H31N5O.HI/c1-5-19-18(20-12-15-6-8-17(24-4)9-7-15)21-13-16-14-22(2)10-11-23(16)3;/h6-9,16H,5,10-14H2,1-4H3,(H2,19,20,21);1H. The first kappa shape index (κ1) is 22.0. The van der Waals surface area contributed by atoms with E-state index in [9.17, 15) is 0 Å². The van der Waals surface area contributed by atoms with E-state index in [2.05, 4.69) is 58.6 Å². The van der Waals surface area contributed by atoms with Crippen LogP contribution >= 0.6 is 24.0 Å². The normalized spacial score (nSPS) is 19.2. The molecular weight excluding hydrogens is 429 g/mol. The highest BCUT2D eigenvalue weighted by Gasteiger charge is 2.21. The van der Waals surface area contributed by atoms with Gasteiger partial charge in [0.2, 0.25) is 0 Å². The van der Waals surface area contributed by atoms with Crippen molar-refractivity contribution in [2.75, 3.05) is 53.9 Å². The van der Waals surface area contributed by atoms with Gasteiger partial charge in [-0.2, -0.15) is 0 Å². The number of rotatable bonds is 6. The van der Waals surface area contributed by atoms with Gasteiger partial charge in [0.1, 0.15) is 5.75 Å². The molecule has 0 bridgehead atoms. The van der Waals surface area contributed by atoms with Crippen LogP contribution in [0.3, 0.4) is 0 Å². The van der Waals surface area contributed by atoms with Crippen molar-refractivity contribution in [3.63, 3.8) is 0 Å². The van der Waals surface area contributed by atoms with Crippen molar-refractivity contribution in [2.24, 2.45) is 4.99 Å². The molecule has 25 heavy (non-hydrogen) atoms. The maximum Gasteiger partial charge on any atom is 0.191 e. The van der Waals surface area contributed by atoms with E-state index in [1.165, 1.54) is 5.56 Å². The molecule has 1 fully saturated rings. The van der Waals surface area contributed by atoms with Crippen molar-refractivity contribution < 1.29 is 4.74 Å². The topological polar surface area (TPSA) is 52.1 Å². The Kier molecular flexibility index (Phi) is 10.1. The van der Waals surface area contributed by atoms with Gasteiger partial charge < -0.3 is 20.3 Å². The summed E-state index contributed by atoms with van der Waals surface area (Å²) in [5, 5.41) is 6.80. The number of hydrogen-bond acceptors (Lipinski definition) is 4. The van der Waals surface area contributed by atoms with E-state index >= 15 is 0 Å². The summed E-state index contributed by atoms with van der Waals surface area (Å²) in [5.41, 5.74) is 1.17. The number of ether oxygens (including phenoxy) is 1. The number of piperazine rings is 1. The van der Waals surface area contributed by atoms with Crippen LogP contribution in [-0.4, -0.2) is 75.7 Å². The second-order valence-corrected chi connectivity index (χ2v) is 6.32. The molecule has 1 aromatic carbocycles. The highest BCUT2D eigenvalue weighted by Crippen LogP contribution is 2.11. The van der Waals surface area contributed by atoms with E-state index in [1.807, 2.05) is 12.1 Å². The largest absolute Gasteiger partial charge is 0.497 e. The van der Waals surface area contributed by atoms with Crippen molar-refractivity contribution in [1.29, 1.82) is 0 Å². The summed E-state index contributed by atoms with van der Waals surface area (Å²) < 4.78 is 5.19. The zero-order valence-corrected chi connectivity index (χ0v) is 18.1. The van der Waals surface area contributed by atoms with Crippen LogP contribution in [0.1, 0.15) is 12.5 Å². The minimum Gasteiger partial charge on any atom is -0.497 e. The Hall–Kier alpha value is -1.06. The molecule has 7 heteroatoms. The number of likely N-dealkylation sites (N-methyl/N-ethyl adjacent to an activating group) is 2. The molecule has 0 aliphatic carbocycles. The van der Waals surface area contributed by atoms with Crippen molar-refractivity contribution >= 4 is 29.9 Å². The van der Waals surface area contributed by atoms with Gasteiger partial charge in [0.05, 0.1) is 13.7 Å². The Labute approximate surface area is 169 Å². The Morgan fingerprint density at radius 1 is 1.20 bits per heavy atom. The molecule has 1 aliphatic heterocycles. The molecule has 1 saturated heterocycles. The fourth-order valence-electron chi connectivity index (χ4n) is 2.78. The van der Waals surface area contributed by atoms with E-state index in [-0.39, 0.29) is 24.0 Å². The summed E-state index contributed by atoms with van der Waals surface area (Å²) in [6, 6.07) is 8.55. The van der Waals surface area contributed by atoms with Crippen LogP contribution < -0.4 is 15.4 Å². The zero-order chi connectivity index (χ0) is 17.4. The molecule has 1 atom stereocenters. The van der Waals surface area contributed by atoms with E-state index in [1.54, 1.807) is 7.11 Å². The second kappa shape index (κ2) is 11.5. The lowest BCUT2D eigenvalue weighted by Gasteiger charge is -2.37. The number of aliphatic imine (C=N–C) groups is 1. The fraction of sp³-hybridized carbons (Fsp3) is 0.611. The van der Waals surface area contributed by atoms with E-state index in [4.69, 9.17) is 4.74 Å². The number of hydrogen-bond donors (Lipinski definition) is 2. The molecule has 2 rings (SSSR count). The quantitative estimate of drug-likeness (QED) is 0.383. The Morgan fingerprint density at radius 2 is 1.92 bits per heavy atom. The van der Waals surface area contributed by atoms with Gasteiger partial charge in [-0.3, -0.25) is 4.90 Å². The smallest absolute Gasteiger partial charge is 0.191 e. The molecule has 6 nitrogen and oxygen atoms in total.